The average Bonchev–Trinajstić information content (AvgIpc) is 2.32. The third kappa shape index (κ3) is 1.30. The van der Waals surface area contributed by atoms with Crippen LogP contribution in [0.3, 0.4) is 0 Å². The minimum absolute atomic E-state index is 0.0278. The van der Waals surface area contributed by atoms with Crippen molar-refractivity contribution in [2.45, 2.75) is 39.2 Å². The zero-order valence-corrected chi connectivity index (χ0v) is 7.51. The first-order valence-corrected chi connectivity index (χ1v) is 4.51. The van der Waals surface area contributed by atoms with E-state index in [1.165, 1.54) is 12.8 Å². The van der Waals surface area contributed by atoms with Gasteiger partial charge in [-0.1, -0.05) is 19.8 Å². The van der Waals surface area contributed by atoms with Gasteiger partial charge in [0.2, 0.25) is 0 Å². The molecule has 1 saturated carbocycles. The molecule has 0 bridgehead atoms. The summed E-state index contributed by atoms with van der Waals surface area (Å²) in [4.78, 5) is 0. The van der Waals surface area contributed by atoms with Crippen molar-refractivity contribution in [3.05, 3.63) is 0 Å². The van der Waals surface area contributed by atoms with Crippen LogP contribution in [0.15, 0.2) is 0 Å². The average molecular weight is 157 g/mol. The lowest BCUT2D eigenvalue weighted by Gasteiger charge is -2.35. The molecule has 0 amide bonds. The van der Waals surface area contributed by atoms with Gasteiger partial charge in [-0.25, -0.2) is 0 Å². The van der Waals surface area contributed by atoms with Crippen LogP contribution in [0.5, 0.6) is 0 Å². The third-order valence-electron chi connectivity index (χ3n) is 3.47. The molecule has 0 aromatic heterocycles. The molecule has 1 rings (SSSR count). The summed E-state index contributed by atoms with van der Waals surface area (Å²) in [5, 5.41) is 9.59. The molecule has 2 heteroatoms. The number of hydrogen-bond donors (Lipinski definition) is 2. The zero-order chi connectivity index (χ0) is 8.48. The van der Waals surface area contributed by atoms with Gasteiger partial charge in [0.05, 0.1) is 6.10 Å². The molecule has 0 spiro atoms. The van der Waals surface area contributed by atoms with Gasteiger partial charge in [0.15, 0.2) is 0 Å². The molecule has 0 aromatic carbocycles. The Balaban J connectivity index is 2.73. The molecule has 0 radical (unpaired) electrons. The molecule has 3 N–H and O–H groups in total. The highest BCUT2D eigenvalue weighted by atomic mass is 16.3. The molecule has 11 heavy (non-hydrogen) atoms. The quantitative estimate of drug-likeness (QED) is 0.631. The van der Waals surface area contributed by atoms with Crippen molar-refractivity contribution in [1.29, 1.82) is 0 Å². The molecule has 0 aromatic rings. The van der Waals surface area contributed by atoms with Gasteiger partial charge in [-0.2, -0.15) is 0 Å². The van der Waals surface area contributed by atoms with Crippen LogP contribution < -0.4 is 5.73 Å². The van der Waals surface area contributed by atoms with E-state index in [9.17, 15) is 5.11 Å². The number of aliphatic hydroxyl groups is 1. The van der Waals surface area contributed by atoms with Crippen LogP contribution in [-0.4, -0.2) is 17.8 Å². The van der Waals surface area contributed by atoms with Crippen molar-refractivity contribution in [2.24, 2.45) is 17.1 Å². The van der Waals surface area contributed by atoms with Gasteiger partial charge in [0, 0.05) is 12.0 Å². The van der Waals surface area contributed by atoms with Crippen molar-refractivity contribution in [3.8, 4) is 0 Å². The van der Waals surface area contributed by atoms with Gasteiger partial charge >= 0.3 is 0 Å². The summed E-state index contributed by atoms with van der Waals surface area (Å²) in [7, 11) is 0. The summed E-state index contributed by atoms with van der Waals surface area (Å²) in [5.41, 5.74) is 5.73. The van der Waals surface area contributed by atoms with E-state index < -0.39 is 0 Å². The number of nitrogens with two attached hydrogens (primary N) is 1. The van der Waals surface area contributed by atoms with Gasteiger partial charge in [0.1, 0.15) is 0 Å². The smallest absolute Gasteiger partial charge is 0.0582 e. The number of aliphatic hydroxyl groups excluding tert-OH is 1. The molecule has 1 fully saturated rings. The fourth-order valence-electron chi connectivity index (χ4n) is 2.37. The Kier molecular flexibility index (Phi) is 2.55. The molecule has 0 saturated heterocycles. The maximum atomic E-state index is 9.59. The van der Waals surface area contributed by atoms with Crippen molar-refractivity contribution in [1.82, 2.24) is 0 Å². The second kappa shape index (κ2) is 3.11. The minimum Gasteiger partial charge on any atom is -0.393 e. The minimum atomic E-state index is -0.245. The topological polar surface area (TPSA) is 46.2 Å². The van der Waals surface area contributed by atoms with Crippen LogP contribution in [0.1, 0.15) is 33.1 Å². The van der Waals surface area contributed by atoms with Gasteiger partial charge < -0.3 is 10.8 Å². The van der Waals surface area contributed by atoms with E-state index in [-0.39, 0.29) is 11.5 Å². The molecule has 66 valence electrons. The van der Waals surface area contributed by atoms with Crippen LogP contribution in [0.2, 0.25) is 0 Å². The summed E-state index contributed by atoms with van der Waals surface area (Å²) in [6, 6.07) is 0. The lowest BCUT2D eigenvalue weighted by Crippen LogP contribution is -2.42. The van der Waals surface area contributed by atoms with Gasteiger partial charge in [-0.3, -0.25) is 0 Å². The first-order valence-electron chi connectivity index (χ1n) is 4.51. The Morgan fingerprint density at radius 1 is 1.73 bits per heavy atom. The second-order valence-corrected chi connectivity index (χ2v) is 3.91. The van der Waals surface area contributed by atoms with E-state index >= 15 is 0 Å². The predicted molar refractivity (Wildman–Crippen MR) is 46.2 cm³/mol. The highest BCUT2D eigenvalue weighted by Gasteiger charge is 2.42. The summed E-state index contributed by atoms with van der Waals surface area (Å²) in [6.45, 7) is 4.70. The highest BCUT2D eigenvalue weighted by Crippen LogP contribution is 2.44. The molecule has 0 aliphatic heterocycles. The van der Waals surface area contributed by atoms with Crippen molar-refractivity contribution in [3.63, 3.8) is 0 Å². The lowest BCUT2D eigenvalue weighted by molar-refractivity contribution is 0.0203. The zero-order valence-electron chi connectivity index (χ0n) is 7.51. The van der Waals surface area contributed by atoms with Crippen LogP contribution in [0.25, 0.3) is 0 Å². The highest BCUT2D eigenvalue weighted by molar-refractivity contribution is 4.94. The standard InChI is InChI=1S/C9H19NO/c1-7-4-3-5-9(7,6-10)8(2)11/h7-8,11H,3-6,10H2,1-2H3. The maximum Gasteiger partial charge on any atom is 0.0582 e. The molecule has 2 nitrogen and oxygen atoms in total. The SMILES string of the molecule is CC(O)C1(CN)CCCC1C. The van der Waals surface area contributed by atoms with Crippen LogP contribution in [0, 0.1) is 11.3 Å². The Bertz CT molecular complexity index is 136. The van der Waals surface area contributed by atoms with Gasteiger partial charge in [0.25, 0.3) is 0 Å². The summed E-state index contributed by atoms with van der Waals surface area (Å²) in [5.74, 6) is 0.590. The summed E-state index contributed by atoms with van der Waals surface area (Å²) >= 11 is 0. The maximum absolute atomic E-state index is 9.59. The van der Waals surface area contributed by atoms with E-state index in [0.717, 1.165) is 6.42 Å². The molecule has 3 unspecified atom stereocenters. The van der Waals surface area contributed by atoms with E-state index in [1.54, 1.807) is 0 Å². The molecule has 1 aliphatic rings. The molecular weight excluding hydrogens is 138 g/mol. The Morgan fingerprint density at radius 2 is 2.36 bits per heavy atom. The van der Waals surface area contributed by atoms with E-state index in [4.69, 9.17) is 5.73 Å². The fraction of sp³-hybridized carbons (Fsp3) is 1.00. The van der Waals surface area contributed by atoms with Crippen LogP contribution in [-0.2, 0) is 0 Å². The predicted octanol–water partition coefficient (Wildman–Crippen LogP) is 1.13. The largest absolute Gasteiger partial charge is 0.393 e. The fourth-order valence-corrected chi connectivity index (χ4v) is 2.37. The first-order chi connectivity index (χ1) is 5.13. The molecule has 1 aliphatic carbocycles. The molecule has 3 atom stereocenters. The lowest BCUT2D eigenvalue weighted by atomic mass is 9.75. The van der Waals surface area contributed by atoms with Gasteiger partial charge in [-0.05, 0) is 19.3 Å². The van der Waals surface area contributed by atoms with Crippen molar-refractivity contribution in [2.75, 3.05) is 6.54 Å². The van der Waals surface area contributed by atoms with Crippen LogP contribution >= 0.6 is 0 Å². The summed E-state index contributed by atoms with van der Waals surface area (Å²) in [6.07, 6.45) is 3.30. The first kappa shape index (κ1) is 9.01. The second-order valence-electron chi connectivity index (χ2n) is 3.91. The van der Waals surface area contributed by atoms with Gasteiger partial charge in [-0.15, -0.1) is 0 Å². The monoisotopic (exact) mass is 157 g/mol. The van der Waals surface area contributed by atoms with E-state index in [0.29, 0.717) is 12.5 Å². The number of hydrogen-bond acceptors (Lipinski definition) is 2. The van der Waals surface area contributed by atoms with Crippen molar-refractivity contribution >= 4 is 0 Å². The summed E-state index contributed by atoms with van der Waals surface area (Å²) < 4.78 is 0. The van der Waals surface area contributed by atoms with E-state index in [1.807, 2.05) is 6.92 Å². The Hall–Kier alpha value is -0.0800. The Labute approximate surface area is 68.8 Å². The molecule has 0 heterocycles. The molecular formula is C9H19NO. The normalized spacial score (nSPS) is 40.9. The van der Waals surface area contributed by atoms with Crippen molar-refractivity contribution < 1.29 is 5.11 Å². The van der Waals surface area contributed by atoms with E-state index in [2.05, 4.69) is 6.92 Å². The van der Waals surface area contributed by atoms with Crippen LogP contribution in [0.4, 0.5) is 0 Å². The number of rotatable bonds is 2. The third-order valence-corrected chi connectivity index (χ3v) is 3.47. The Morgan fingerprint density at radius 3 is 2.55 bits per heavy atom.